The van der Waals surface area contributed by atoms with Crippen molar-refractivity contribution in [3.05, 3.63) is 0 Å². The molecule has 0 aromatic rings. The van der Waals surface area contributed by atoms with Crippen LogP contribution >= 0.6 is 0 Å². The van der Waals surface area contributed by atoms with E-state index in [0.717, 1.165) is 19.3 Å². The van der Waals surface area contributed by atoms with Crippen molar-refractivity contribution in [3.63, 3.8) is 0 Å². The maximum absolute atomic E-state index is 12.7. The molecule has 186 valence electrons. The topological polar surface area (TPSA) is 197 Å². The summed E-state index contributed by atoms with van der Waals surface area (Å²) in [5.74, 6) is -2.88. The van der Waals surface area contributed by atoms with Crippen molar-refractivity contribution < 1.29 is 55.1 Å². The monoisotopic (exact) mass is 456 g/mol. The molecule has 11 nitrogen and oxygen atoms in total. The van der Waals surface area contributed by atoms with Gasteiger partial charge in [-0.1, -0.05) is 33.1 Å². The van der Waals surface area contributed by atoms with Gasteiger partial charge in [-0.25, -0.2) is 0 Å². The van der Waals surface area contributed by atoms with Crippen molar-refractivity contribution in [2.24, 2.45) is 0 Å². The molecular formula is C20H40O11. The number of aliphatic hydroxyl groups excluding tert-OH is 8. The molecule has 0 saturated heterocycles. The normalized spacial score (nSPS) is 19.8. The minimum Gasteiger partial charge on any atom is -0.394 e. The molecule has 31 heavy (non-hydrogen) atoms. The van der Waals surface area contributed by atoms with E-state index in [2.05, 4.69) is 0 Å². The van der Waals surface area contributed by atoms with Crippen molar-refractivity contribution in [1.29, 1.82) is 0 Å². The van der Waals surface area contributed by atoms with Crippen LogP contribution in [0, 0.1) is 0 Å². The third-order valence-electron chi connectivity index (χ3n) is 5.05. The summed E-state index contributed by atoms with van der Waals surface area (Å²) in [4.78, 5) is 12.7. The lowest BCUT2D eigenvalue weighted by Crippen LogP contribution is -2.58. The first-order valence-electron chi connectivity index (χ1n) is 10.7. The molecule has 0 rings (SSSR count). The third kappa shape index (κ3) is 9.74. The Bertz CT molecular complexity index is 478. The number of hydrogen-bond acceptors (Lipinski definition) is 11. The molecule has 3 unspecified atom stereocenters. The van der Waals surface area contributed by atoms with Crippen LogP contribution in [0.1, 0.15) is 52.4 Å². The largest absolute Gasteiger partial charge is 0.394 e. The number of carbonyl (C=O) groups excluding carboxylic acids is 1. The van der Waals surface area contributed by atoms with Gasteiger partial charge in [-0.05, 0) is 6.42 Å². The SMILES string of the molecule is CCCCCCOC(CC)(O[C@@H](C(=O)CC(O)CO)[C@@H](O)[C@H](O)[C@H](O)CO)C(O)CO. The second-order valence-corrected chi connectivity index (χ2v) is 7.55. The van der Waals surface area contributed by atoms with E-state index in [-0.39, 0.29) is 13.0 Å². The van der Waals surface area contributed by atoms with Crippen LogP contribution in [0.25, 0.3) is 0 Å². The molecule has 0 amide bonds. The first-order chi connectivity index (χ1) is 14.6. The molecule has 0 heterocycles. The van der Waals surface area contributed by atoms with Gasteiger partial charge in [0.25, 0.3) is 0 Å². The first-order valence-corrected chi connectivity index (χ1v) is 10.7. The van der Waals surface area contributed by atoms with Gasteiger partial charge in [0, 0.05) is 12.8 Å². The molecule has 0 aliphatic carbocycles. The zero-order valence-corrected chi connectivity index (χ0v) is 18.3. The fourth-order valence-electron chi connectivity index (χ4n) is 3.01. The Morgan fingerprint density at radius 1 is 0.871 bits per heavy atom. The van der Waals surface area contributed by atoms with Crippen molar-refractivity contribution in [2.45, 2.75) is 94.8 Å². The summed E-state index contributed by atoms with van der Waals surface area (Å²) in [6.45, 7) is 1.25. The molecule has 0 spiro atoms. The summed E-state index contributed by atoms with van der Waals surface area (Å²) in [5, 5.41) is 77.7. The number of aliphatic hydroxyl groups is 8. The van der Waals surface area contributed by atoms with Gasteiger partial charge >= 0.3 is 0 Å². The van der Waals surface area contributed by atoms with Gasteiger partial charge in [0.05, 0.1) is 32.5 Å². The van der Waals surface area contributed by atoms with Crippen molar-refractivity contribution in [3.8, 4) is 0 Å². The van der Waals surface area contributed by atoms with E-state index < -0.39 is 74.4 Å². The highest BCUT2D eigenvalue weighted by Gasteiger charge is 2.46. The first kappa shape index (κ1) is 30.3. The molecule has 0 aliphatic heterocycles. The van der Waals surface area contributed by atoms with E-state index in [1.165, 1.54) is 0 Å². The number of Topliss-reactive ketones (excluding diaryl/α,β-unsaturated/α-hetero) is 1. The van der Waals surface area contributed by atoms with Gasteiger partial charge in [0.1, 0.15) is 30.5 Å². The van der Waals surface area contributed by atoms with Gasteiger partial charge < -0.3 is 50.3 Å². The Morgan fingerprint density at radius 3 is 2.00 bits per heavy atom. The van der Waals surface area contributed by atoms with Crippen LogP contribution in [0.2, 0.25) is 0 Å². The van der Waals surface area contributed by atoms with Crippen LogP contribution in [0.4, 0.5) is 0 Å². The van der Waals surface area contributed by atoms with E-state index in [4.69, 9.17) is 19.7 Å². The van der Waals surface area contributed by atoms with E-state index in [1.54, 1.807) is 6.92 Å². The molecule has 8 N–H and O–H groups in total. The second kappa shape index (κ2) is 16.0. The predicted octanol–water partition coefficient (Wildman–Crippen LogP) is -2.18. The summed E-state index contributed by atoms with van der Waals surface area (Å²) >= 11 is 0. The second-order valence-electron chi connectivity index (χ2n) is 7.55. The van der Waals surface area contributed by atoms with Gasteiger partial charge in [0.2, 0.25) is 0 Å². The number of unbranched alkanes of at least 4 members (excludes halogenated alkanes) is 3. The van der Waals surface area contributed by atoms with Gasteiger partial charge in [-0.2, -0.15) is 0 Å². The van der Waals surface area contributed by atoms with Crippen LogP contribution in [0.15, 0.2) is 0 Å². The lowest BCUT2D eigenvalue weighted by molar-refractivity contribution is -0.315. The van der Waals surface area contributed by atoms with Crippen LogP contribution in [-0.2, 0) is 14.3 Å². The molecule has 0 aliphatic rings. The molecule has 0 fully saturated rings. The minimum atomic E-state index is -2.07. The predicted molar refractivity (Wildman–Crippen MR) is 109 cm³/mol. The van der Waals surface area contributed by atoms with E-state index >= 15 is 0 Å². The standard InChI is InChI=1S/C20H40O11/c1-3-5-6-7-8-30-20(4-2,16(27)12-23)31-19(14(25)9-13(24)10-21)18(29)17(28)15(26)11-22/h13,15-19,21-24,26-29H,3-12H2,1-2H3/t13?,15-,16?,17-,18+,19+,20?/m1/s1. The Labute approximate surface area is 182 Å². The Kier molecular flexibility index (Phi) is 15.6. The number of rotatable bonds is 19. The van der Waals surface area contributed by atoms with E-state index in [0.29, 0.717) is 6.42 Å². The number of carbonyl (C=O) groups is 1. The molecule has 7 atom stereocenters. The summed E-state index contributed by atoms with van der Waals surface area (Å²) in [6.07, 6.45) is -8.21. The average Bonchev–Trinajstić information content (AvgIpc) is 2.78. The zero-order chi connectivity index (χ0) is 24.0. The Balaban J connectivity index is 5.79. The maximum atomic E-state index is 12.7. The number of ketones is 1. The van der Waals surface area contributed by atoms with E-state index in [1.807, 2.05) is 6.92 Å². The lowest BCUT2D eigenvalue weighted by Gasteiger charge is -2.41. The van der Waals surface area contributed by atoms with Crippen molar-refractivity contribution in [1.82, 2.24) is 0 Å². The summed E-state index contributed by atoms with van der Waals surface area (Å²) in [7, 11) is 0. The highest BCUT2D eigenvalue weighted by atomic mass is 16.7. The van der Waals surface area contributed by atoms with Gasteiger partial charge in [0.15, 0.2) is 11.6 Å². The molecule has 0 aromatic carbocycles. The maximum Gasteiger partial charge on any atom is 0.197 e. The van der Waals surface area contributed by atoms with Crippen molar-refractivity contribution in [2.75, 3.05) is 26.4 Å². The fraction of sp³-hybridized carbons (Fsp3) is 0.950. The van der Waals surface area contributed by atoms with E-state index in [9.17, 15) is 35.4 Å². The molecule has 0 radical (unpaired) electrons. The van der Waals surface area contributed by atoms with Crippen LogP contribution in [0.3, 0.4) is 0 Å². The average molecular weight is 457 g/mol. The Morgan fingerprint density at radius 2 is 1.52 bits per heavy atom. The molecule has 0 aromatic heterocycles. The smallest absolute Gasteiger partial charge is 0.197 e. The van der Waals surface area contributed by atoms with Crippen molar-refractivity contribution >= 4 is 5.78 Å². The number of ether oxygens (including phenoxy) is 2. The summed E-state index contributed by atoms with van der Waals surface area (Å²) < 4.78 is 11.4. The zero-order valence-electron chi connectivity index (χ0n) is 18.3. The molecule has 11 heteroatoms. The van der Waals surface area contributed by atoms with Gasteiger partial charge in [-0.15, -0.1) is 0 Å². The van der Waals surface area contributed by atoms with Crippen LogP contribution in [0.5, 0.6) is 0 Å². The molecular weight excluding hydrogens is 416 g/mol. The lowest BCUT2D eigenvalue weighted by atomic mass is 9.96. The molecule has 0 saturated carbocycles. The molecule has 0 bridgehead atoms. The fourth-order valence-corrected chi connectivity index (χ4v) is 3.01. The quantitative estimate of drug-likeness (QED) is 0.0776. The van der Waals surface area contributed by atoms with Crippen LogP contribution in [-0.4, -0.2) is 115 Å². The Hall–Kier alpha value is -0.730. The highest BCUT2D eigenvalue weighted by molar-refractivity contribution is 5.84. The highest BCUT2D eigenvalue weighted by Crippen LogP contribution is 2.28. The minimum absolute atomic E-state index is 0.0554. The summed E-state index contributed by atoms with van der Waals surface area (Å²) in [6, 6.07) is 0. The summed E-state index contributed by atoms with van der Waals surface area (Å²) in [5.41, 5.74) is 0. The number of hydrogen-bond donors (Lipinski definition) is 8. The van der Waals surface area contributed by atoms with Crippen LogP contribution < -0.4 is 0 Å². The van der Waals surface area contributed by atoms with Gasteiger partial charge in [-0.3, -0.25) is 4.79 Å². The third-order valence-corrected chi connectivity index (χ3v) is 5.05.